The Labute approximate surface area is 193 Å². The average Bonchev–Trinajstić information content (AvgIpc) is 3.07. The lowest BCUT2D eigenvalue weighted by molar-refractivity contribution is -0.387. The highest BCUT2D eigenvalue weighted by Crippen LogP contribution is 2.36. The fourth-order valence-electron chi connectivity index (χ4n) is 3.14. The van der Waals surface area contributed by atoms with E-state index in [2.05, 4.69) is 21.4 Å². The number of aryl methyl sites for hydroxylation is 2. The molecule has 1 fully saturated rings. The van der Waals surface area contributed by atoms with Gasteiger partial charge in [0.25, 0.3) is 11.6 Å². The van der Waals surface area contributed by atoms with Crippen LogP contribution < -0.4 is 5.32 Å². The number of aromatic nitrogens is 1. The van der Waals surface area contributed by atoms with Gasteiger partial charge in [-0.25, -0.2) is 9.98 Å². The summed E-state index contributed by atoms with van der Waals surface area (Å²) in [6.07, 6.45) is 3.27. The van der Waals surface area contributed by atoms with E-state index in [1.807, 2.05) is 32.0 Å². The zero-order chi connectivity index (χ0) is 22.7. The molecule has 0 bridgehead atoms. The van der Waals surface area contributed by atoms with Crippen molar-refractivity contribution in [2.45, 2.75) is 23.8 Å². The number of nitrogens with zero attached hydrogens (tertiary/aromatic N) is 3. The summed E-state index contributed by atoms with van der Waals surface area (Å²) in [5.74, 6) is -0.285. The Balaban J connectivity index is 1.59. The first-order valence-corrected chi connectivity index (χ1v) is 11.3. The predicted octanol–water partition coefficient (Wildman–Crippen LogP) is 5.65. The van der Waals surface area contributed by atoms with Crippen molar-refractivity contribution < 1.29 is 9.72 Å². The van der Waals surface area contributed by atoms with Crippen LogP contribution in [-0.2, 0) is 4.79 Å². The molecule has 3 aromatic rings. The van der Waals surface area contributed by atoms with Gasteiger partial charge in [0.1, 0.15) is 5.03 Å². The summed E-state index contributed by atoms with van der Waals surface area (Å²) in [5.41, 5.74) is 3.46. The van der Waals surface area contributed by atoms with E-state index in [-0.39, 0.29) is 11.6 Å². The van der Waals surface area contributed by atoms with Crippen molar-refractivity contribution >= 4 is 52.0 Å². The van der Waals surface area contributed by atoms with Gasteiger partial charge in [-0.05, 0) is 78.7 Å². The standard InChI is InChI=1S/C23H18N4O3S2/c1-14-9-15(2)11-17(10-14)25-23-26-22(28)20(32-23)13-16-6-7-19(18(12-16)27(29)30)31-21-5-3-4-8-24-21/h3-13H,1-2H3,(H,25,26,28)/b20-13-. The van der Waals surface area contributed by atoms with Gasteiger partial charge in [-0.3, -0.25) is 14.9 Å². The highest BCUT2D eigenvalue weighted by atomic mass is 32.2. The van der Waals surface area contributed by atoms with Crippen molar-refractivity contribution in [1.82, 2.24) is 10.3 Å². The van der Waals surface area contributed by atoms with Gasteiger partial charge in [0.05, 0.1) is 20.4 Å². The molecule has 1 aliphatic rings. The molecule has 9 heteroatoms. The zero-order valence-corrected chi connectivity index (χ0v) is 18.9. The van der Waals surface area contributed by atoms with Gasteiger partial charge in [0.2, 0.25) is 0 Å². The molecule has 0 saturated carbocycles. The number of pyridine rings is 1. The first kappa shape index (κ1) is 21.8. The van der Waals surface area contributed by atoms with E-state index in [0.29, 0.717) is 25.6 Å². The van der Waals surface area contributed by atoms with E-state index in [0.717, 1.165) is 16.8 Å². The second-order valence-corrected chi connectivity index (χ2v) is 9.17. The van der Waals surface area contributed by atoms with Crippen molar-refractivity contribution in [3.8, 4) is 0 Å². The Morgan fingerprint density at radius 3 is 2.59 bits per heavy atom. The van der Waals surface area contributed by atoms with Crippen LogP contribution in [0.1, 0.15) is 16.7 Å². The minimum Gasteiger partial charge on any atom is -0.300 e. The van der Waals surface area contributed by atoms with Crippen molar-refractivity contribution in [3.05, 3.63) is 92.5 Å². The second-order valence-electron chi connectivity index (χ2n) is 7.08. The predicted molar refractivity (Wildman–Crippen MR) is 128 cm³/mol. The molecule has 0 aliphatic carbocycles. The monoisotopic (exact) mass is 462 g/mol. The van der Waals surface area contributed by atoms with E-state index in [4.69, 9.17) is 0 Å². The summed E-state index contributed by atoms with van der Waals surface area (Å²) in [6.45, 7) is 3.98. The van der Waals surface area contributed by atoms with Crippen LogP contribution >= 0.6 is 23.5 Å². The molecule has 2 heterocycles. The number of amides is 1. The lowest BCUT2D eigenvalue weighted by Crippen LogP contribution is -2.19. The molecule has 7 nitrogen and oxygen atoms in total. The fraction of sp³-hybridized carbons (Fsp3) is 0.0870. The van der Waals surface area contributed by atoms with Gasteiger partial charge < -0.3 is 5.32 Å². The Hall–Kier alpha value is -3.43. The maximum atomic E-state index is 12.4. The molecule has 0 radical (unpaired) electrons. The number of nitro benzene ring substituents is 1. The van der Waals surface area contributed by atoms with E-state index in [9.17, 15) is 14.9 Å². The smallest absolute Gasteiger partial charge is 0.283 e. The Kier molecular flexibility index (Phi) is 6.38. The maximum Gasteiger partial charge on any atom is 0.283 e. The number of hydrogen-bond donors (Lipinski definition) is 1. The lowest BCUT2D eigenvalue weighted by atomic mass is 10.1. The van der Waals surface area contributed by atoms with Crippen LogP contribution in [0.15, 0.2) is 80.6 Å². The largest absolute Gasteiger partial charge is 0.300 e. The number of carbonyl (C=O) groups is 1. The third-order valence-electron chi connectivity index (χ3n) is 4.42. The minimum absolute atomic E-state index is 0.0393. The molecule has 1 amide bonds. The average molecular weight is 463 g/mol. The number of nitro groups is 1. The number of aliphatic imine (C=N–C) groups is 1. The first-order valence-electron chi connectivity index (χ1n) is 9.62. The number of rotatable bonds is 5. The van der Waals surface area contributed by atoms with Crippen LogP contribution in [0.25, 0.3) is 6.08 Å². The third-order valence-corrected chi connectivity index (χ3v) is 6.34. The molecule has 0 unspecified atom stereocenters. The molecular formula is C23H18N4O3S2. The maximum absolute atomic E-state index is 12.4. The molecular weight excluding hydrogens is 444 g/mol. The van der Waals surface area contributed by atoms with Crippen molar-refractivity contribution in [2.24, 2.45) is 4.99 Å². The van der Waals surface area contributed by atoms with Gasteiger partial charge in [-0.2, -0.15) is 0 Å². The number of hydrogen-bond acceptors (Lipinski definition) is 7. The summed E-state index contributed by atoms with van der Waals surface area (Å²) < 4.78 is 0. The number of benzene rings is 2. The first-order chi connectivity index (χ1) is 15.4. The Bertz CT molecular complexity index is 1250. The van der Waals surface area contributed by atoms with Crippen LogP contribution in [0.2, 0.25) is 0 Å². The number of amidine groups is 1. The van der Waals surface area contributed by atoms with Crippen LogP contribution in [0.3, 0.4) is 0 Å². The fourth-order valence-corrected chi connectivity index (χ4v) is 4.84. The summed E-state index contributed by atoms with van der Waals surface area (Å²) in [4.78, 5) is 33.2. The minimum atomic E-state index is -0.428. The molecule has 2 aromatic carbocycles. The molecule has 0 spiro atoms. The number of thioether (sulfide) groups is 1. The summed E-state index contributed by atoms with van der Waals surface area (Å²) >= 11 is 2.43. The van der Waals surface area contributed by atoms with Crippen molar-refractivity contribution in [1.29, 1.82) is 0 Å². The molecule has 1 aliphatic heterocycles. The quantitative estimate of drug-likeness (QED) is 0.299. The molecule has 160 valence electrons. The number of nitrogens with one attached hydrogen (secondary N) is 1. The van der Waals surface area contributed by atoms with Crippen molar-refractivity contribution in [3.63, 3.8) is 0 Å². The van der Waals surface area contributed by atoms with E-state index in [1.54, 1.807) is 36.5 Å². The van der Waals surface area contributed by atoms with Gasteiger partial charge in [-0.1, -0.05) is 30.0 Å². The van der Waals surface area contributed by atoms with Gasteiger partial charge >= 0.3 is 0 Å². The highest BCUT2D eigenvalue weighted by molar-refractivity contribution is 8.18. The van der Waals surface area contributed by atoms with Gasteiger partial charge in [0, 0.05) is 12.3 Å². The van der Waals surface area contributed by atoms with Crippen LogP contribution in [0.5, 0.6) is 0 Å². The molecule has 1 saturated heterocycles. The van der Waals surface area contributed by atoms with Gasteiger partial charge in [0.15, 0.2) is 5.17 Å². The van der Waals surface area contributed by atoms with Crippen LogP contribution in [0.4, 0.5) is 11.4 Å². The van der Waals surface area contributed by atoms with E-state index < -0.39 is 4.92 Å². The van der Waals surface area contributed by atoms with Gasteiger partial charge in [-0.15, -0.1) is 0 Å². The third kappa shape index (κ3) is 5.24. The van der Waals surface area contributed by atoms with Crippen molar-refractivity contribution in [2.75, 3.05) is 0 Å². The molecule has 32 heavy (non-hydrogen) atoms. The van der Waals surface area contributed by atoms with Crippen LogP contribution in [0, 0.1) is 24.0 Å². The van der Waals surface area contributed by atoms with E-state index >= 15 is 0 Å². The Morgan fingerprint density at radius 1 is 1.12 bits per heavy atom. The second kappa shape index (κ2) is 9.37. The molecule has 4 rings (SSSR count). The highest BCUT2D eigenvalue weighted by Gasteiger charge is 2.24. The summed E-state index contributed by atoms with van der Waals surface area (Å²) in [5, 5.41) is 15.5. The number of carbonyl (C=O) groups excluding carboxylic acids is 1. The molecule has 0 atom stereocenters. The summed E-state index contributed by atoms with van der Waals surface area (Å²) in [6, 6.07) is 16.2. The molecule has 1 aromatic heterocycles. The zero-order valence-electron chi connectivity index (χ0n) is 17.2. The SMILES string of the molecule is Cc1cc(C)cc(N=C2NC(=O)/C(=C/c3ccc(Sc4ccccn4)c([N+](=O)[O-])c3)S2)c1. The lowest BCUT2D eigenvalue weighted by Gasteiger charge is -2.04. The van der Waals surface area contributed by atoms with E-state index in [1.165, 1.54) is 29.6 Å². The Morgan fingerprint density at radius 2 is 1.91 bits per heavy atom. The normalized spacial score (nSPS) is 15.9. The molecule has 1 N–H and O–H groups in total. The topological polar surface area (TPSA) is 97.5 Å². The summed E-state index contributed by atoms with van der Waals surface area (Å²) in [7, 11) is 0. The van der Waals surface area contributed by atoms with Crippen LogP contribution in [-0.4, -0.2) is 21.0 Å².